The third-order valence-electron chi connectivity index (χ3n) is 2.06. The van der Waals surface area contributed by atoms with Crippen molar-refractivity contribution in [1.29, 1.82) is 0 Å². The summed E-state index contributed by atoms with van der Waals surface area (Å²) < 4.78 is 0. The lowest BCUT2D eigenvalue weighted by atomic mass is 10.3. The van der Waals surface area contributed by atoms with Gasteiger partial charge < -0.3 is 0 Å². The van der Waals surface area contributed by atoms with Crippen LogP contribution in [-0.2, 0) is 0 Å². The largest absolute Gasteiger partial charge is 0.287 e. The van der Waals surface area contributed by atoms with Crippen LogP contribution in [0.25, 0.3) is 10.4 Å². The summed E-state index contributed by atoms with van der Waals surface area (Å²) in [6, 6.07) is 12.5. The van der Waals surface area contributed by atoms with Crippen molar-refractivity contribution in [3.63, 3.8) is 0 Å². The zero-order valence-corrected chi connectivity index (χ0v) is 9.92. The van der Waals surface area contributed by atoms with Crippen LogP contribution in [-0.4, -0.2) is 24.5 Å². The summed E-state index contributed by atoms with van der Waals surface area (Å²) in [5.74, 6) is 0. The highest BCUT2D eigenvalue weighted by atomic mass is 15.3. The van der Waals surface area contributed by atoms with Gasteiger partial charge in [0.05, 0.1) is 0 Å². The predicted octanol–water partition coefficient (Wildman–Crippen LogP) is 3.61. The highest BCUT2D eigenvalue weighted by molar-refractivity contribution is 5.49. The van der Waals surface area contributed by atoms with Gasteiger partial charge in [-0.3, -0.25) is 10.3 Å². The minimum Gasteiger partial charge on any atom is -0.280 e. The smallest absolute Gasteiger partial charge is 0.280 e. The fourth-order valence-electron chi connectivity index (χ4n) is 1.29. The average Bonchev–Trinajstić information content (AvgIpc) is 2.36. The van der Waals surface area contributed by atoms with Crippen LogP contribution < -0.4 is 0 Å². The molecule has 88 valence electrons. The van der Waals surface area contributed by atoms with Crippen LogP contribution in [0.3, 0.4) is 0 Å². The van der Waals surface area contributed by atoms with Gasteiger partial charge in [0.15, 0.2) is 0 Å². The second kappa shape index (κ2) is 8.14. The maximum Gasteiger partial charge on any atom is 0.287 e. The Labute approximate surface area is 103 Å². The summed E-state index contributed by atoms with van der Waals surface area (Å²) in [5.41, 5.74) is 4.87. The Morgan fingerprint density at radius 3 is 2.41 bits per heavy atom. The van der Waals surface area contributed by atoms with E-state index in [1.54, 1.807) is 0 Å². The van der Waals surface area contributed by atoms with Crippen molar-refractivity contribution in [3.8, 4) is 6.07 Å². The van der Waals surface area contributed by atoms with Gasteiger partial charge in [-0.15, -0.1) is 13.2 Å². The Hall–Kier alpha value is -2.05. The molecule has 0 atom stereocenters. The first kappa shape index (κ1) is 13.0. The van der Waals surface area contributed by atoms with Crippen LogP contribution >= 0.6 is 0 Å². The molecule has 0 fully saturated rings. The standard InChI is InChI=1S/C14H17N3/c1-3-11-17(12-4-2)13-10-15-16-14-8-6-5-7-9-14/h3-9H,1-2,11-13H2. The van der Waals surface area contributed by atoms with Gasteiger partial charge in [0, 0.05) is 13.1 Å². The lowest BCUT2D eigenvalue weighted by molar-refractivity contribution is 0.378. The summed E-state index contributed by atoms with van der Waals surface area (Å²) in [5, 5.41) is 0. The summed E-state index contributed by atoms with van der Waals surface area (Å²) >= 11 is 0. The molecule has 0 unspecified atom stereocenters. The predicted molar refractivity (Wildman–Crippen MR) is 73.5 cm³/mol. The third-order valence-corrected chi connectivity index (χ3v) is 2.06. The van der Waals surface area contributed by atoms with Crippen molar-refractivity contribution in [1.82, 2.24) is 4.90 Å². The van der Waals surface area contributed by atoms with E-state index in [1.165, 1.54) is 0 Å². The normalized spacial score (nSPS) is 9.24. The molecule has 0 saturated heterocycles. The molecule has 1 rings (SSSR count). The maximum atomic E-state index is 4.03. The highest BCUT2D eigenvalue weighted by Crippen LogP contribution is 2.16. The molecule has 3 heteroatoms. The molecule has 0 bridgehead atoms. The van der Waals surface area contributed by atoms with Crippen LogP contribution in [0.15, 0.2) is 55.6 Å². The first-order valence-corrected chi connectivity index (χ1v) is 5.49. The number of nitrogens with zero attached hydrogens (tertiary/aromatic N) is 3. The minimum atomic E-state index is 0.619. The van der Waals surface area contributed by atoms with Crippen molar-refractivity contribution in [2.45, 2.75) is 0 Å². The summed E-state index contributed by atoms with van der Waals surface area (Å²) in [6.07, 6.45) is 3.69. The van der Waals surface area contributed by atoms with Gasteiger partial charge in [-0.2, -0.15) is 0 Å². The second-order valence-electron chi connectivity index (χ2n) is 3.47. The molecule has 0 amide bonds. The Morgan fingerprint density at radius 2 is 1.82 bits per heavy atom. The van der Waals surface area contributed by atoms with E-state index in [0.717, 1.165) is 18.8 Å². The topological polar surface area (TPSA) is 21.7 Å². The van der Waals surface area contributed by atoms with Gasteiger partial charge in [-0.05, 0) is 0 Å². The Balaban J connectivity index is 2.38. The van der Waals surface area contributed by atoms with E-state index in [0.29, 0.717) is 6.54 Å². The number of hydrogen-bond donors (Lipinski definition) is 0. The first-order valence-electron chi connectivity index (χ1n) is 5.49. The fourth-order valence-corrected chi connectivity index (χ4v) is 1.29. The molecule has 0 saturated carbocycles. The molecule has 0 aliphatic heterocycles. The highest BCUT2D eigenvalue weighted by Gasteiger charge is 1.99. The summed E-state index contributed by atoms with van der Waals surface area (Å²) in [4.78, 5) is 6.01. The van der Waals surface area contributed by atoms with Gasteiger partial charge in [0.1, 0.15) is 6.54 Å². The molecule has 0 radical (unpaired) electrons. The lowest BCUT2D eigenvalue weighted by Gasteiger charge is -2.11. The van der Waals surface area contributed by atoms with Gasteiger partial charge in [-0.1, -0.05) is 53.1 Å². The minimum absolute atomic E-state index is 0.619. The Kier molecular flexibility index (Phi) is 6.23. The van der Waals surface area contributed by atoms with E-state index in [1.807, 2.05) is 42.5 Å². The molecular formula is C14H17N3. The molecule has 0 N–H and O–H groups in total. The van der Waals surface area contributed by atoms with Crippen LogP contribution in [0.4, 0.5) is 5.69 Å². The molecule has 1 aromatic carbocycles. The molecule has 17 heavy (non-hydrogen) atoms. The van der Waals surface area contributed by atoms with E-state index in [4.69, 9.17) is 0 Å². The van der Waals surface area contributed by atoms with Gasteiger partial charge in [-0.25, -0.2) is 0 Å². The first-order chi connectivity index (χ1) is 8.36. The molecule has 0 heterocycles. The number of rotatable bonds is 6. The zero-order valence-electron chi connectivity index (χ0n) is 9.92. The van der Waals surface area contributed by atoms with Crippen LogP contribution in [0.2, 0.25) is 0 Å². The van der Waals surface area contributed by atoms with Crippen molar-refractivity contribution in [2.75, 3.05) is 19.6 Å². The fraction of sp³-hybridized carbons (Fsp3) is 0.214. The molecule has 1 aromatic rings. The van der Waals surface area contributed by atoms with Crippen molar-refractivity contribution in [2.24, 2.45) is 0 Å². The Bertz CT molecular complexity index is 390. The van der Waals surface area contributed by atoms with E-state index >= 15 is 0 Å². The molecule has 0 aliphatic carbocycles. The molecule has 0 spiro atoms. The second-order valence-corrected chi connectivity index (χ2v) is 3.47. The van der Waals surface area contributed by atoms with Crippen LogP contribution in [0.5, 0.6) is 0 Å². The third kappa shape index (κ3) is 5.55. The zero-order chi connectivity index (χ0) is 12.3. The average molecular weight is 227 g/mol. The molecule has 3 nitrogen and oxygen atoms in total. The number of benzene rings is 1. The SMILES string of the molecule is C=CCN(CC#[N+][N-]c1ccccc1)CC=C. The van der Waals surface area contributed by atoms with Crippen molar-refractivity contribution < 1.29 is 0 Å². The van der Waals surface area contributed by atoms with Crippen LogP contribution in [0.1, 0.15) is 0 Å². The van der Waals surface area contributed by atoms with E-state index in [9.17, 15) is 0 Å². The summed E-state index contributed by atoms with van der Waals surface area (Å²) in [6.45, 7) is 9.60. The summed E-state index contributed by atoms with van der Waals surface area (Å²) in [7, 11) is 0. The monoisotopic (exact) mass is 227 g/mol. The number of hydrogen-bond acceptors (Lipinski definition) is 1. The molecular weight excluding hydrogens is 210 g/mol. The van der Waals surface area contributed by atoms with E-state index in [-0.39, 0.29) is 0 Å². The van der Waals surface area contributed by atoms with Crippen LogP contribution in [0, 0.1) is 6.07 Å². The van der Waals surface area contributed by atoms with E-state index in [2.05, 4.69) is 34.5 Å². The van der Waals surface area contributed by atoms with Crippen molar-refractivity contribution >= 4 is 5.69 Å². The van der Waals surface area contributed by atoms with Crippen molar-refractivity contribution in [3.05, 3.63) is 66.0 Å². The maximum absolute atomic E-state index is 4.03. The molecule has 0 aromatic heterocycles. The van der Waals surface area contributed by atoms with Gasteiger partial charge >= 0.3 is 0 Å². The lowest BCUT2D eigenvalue weighted by Crippen LogP contribution is -2.23. The quantitative estimate of drug-likeness (QED) is 0.413. The van der Waals surface area contributed by atoms with E-state index < -0.39 is 0 Å². The Morgan fingerprint density at radius 1 is 1.18 bits per heavy atom. The molecule has 0 aliphatic rings. The van der Waals surface area contributed by atoms with Gasteiger partial charge in [0.25, 0.3) is 6.07 Å². The van der Waals surface area contributed by atoms with Gasteiger partial charge in [0.2, 0.25) is 0 Å².